The van der Waals surface area contributed by atoms with E-state index in [0.29, 0.717) is 11.4 Å². The van der Waals surface area contributed by atoms with Crippen molar-refractivity contribution < 1.29 is 14.2 Å². The number of nitrogens with two attached hydrogens (primary N) is 2. The van der Waals surface area contributed by atoms with E-state index in [1.54, 1.807) is 21.3 Å². The SMILES string of the molecule is COc1ccc(N(c2ccc(N(c3ccc(N)cc3)c3ccc4cc(OC)ccc4c3)cc2)c2ccc(N(c3ccc(N)cc3)c3ccc4cc(OC)ccc4c3)cc2)cc1. The molecule has 0 heterocycles. The van der Waals surface area contributed by atoms with E-state index in [1.807, 2.05) is 48.5 Å². The van der Waals surface area contributed by atoms with Crippen LogP contribution in [-0.4, -0.2) is 21.3 Å². The molecule has 300 valence electrons. The fourth-order valence-corrected chi connectivity index (χ4v) is 7.78. The van der Waals surface area contributed by atoms with Crippen LogP contribution in [-0.2, 0) is 0 Å². The quantitative estimate of drug-likeness (QED) is 0.118. The molecule has 0 unspecified atom stereocenters. The lowest BCUT2D eigenvalue weighted by molar-refractivity contribution is 0.415. The van der Waals surface area contributed by atoms with E-state index in [9.17, 15) is 0 Å². The third-order valence-corrected chi connectivity index (χ3v) is 10.9. The Morgan fingerprint density at radius 3 is 0.820 bits per heavy atom. The molecule has 9 aromatic carbocycles. The average molecular weight is 800 g/mol. The fraction of sp³-hybridized carbons (Fsp3) is 0.0566. The predicted molar refractivity (Wildman–Crippen MR) is 254 cm³/mol. The smallest absolute Gasteiger partial charge is 0.119 e. The number of fused-ring (bicyclic) bond motifs is 2. The molecule has 0 saturated heterocycles. The first-order chi connectivity index (χ1) is 29.9. The normalized spacial score (nSPS) is 11.0. The highest BCUT2D eigenvalue weighted by atomic mass is 16.5. The summed E-state index contributed by atoms with van der Waals surface area (Å²) in [5.41, 5.74) is 22.7. The van der Waals surface area contributed by atoms with Crippen molar-refractivity contribution in [2.75, 3.05) is 47.5 Å². The Morgan fingerprint density at radius 2 is 0.492 bits per heavy atom. The van der Waals surface area contributed by atoms with Crippen molar-refractivity contribution in [1.82, 2.24) is 0 Å². The largest absolute Gasteiger partial charge is 0.497 e. The molecule has 0 aromatic heterocycles. The van der Waals surface area contributed by atoms with Gasteiger partial charge in [0.15, 0.2) is 0 Å². The van der Waals surface area contributed by atoms with Crippen LogP contribution >= 0.6 is 0 Å². The number of benzene rings is 9. The van der Waals surface area contributed by atoms with Gasteiger partial charge in [0.25, 0.3) is 0 Å². The molecule has 0 radical (unpaired) electrons. The fourth-order valence-electron chi connectivity index (χ4n) is 7.78. The van der Waals surface area contributed by atoms with Crippen LogP contribution in [0.4, 0.5) is 62.6 Å². The van der Waals surface area contributed by atoms with Crippen molar-refractivity contribution in [2.24, 2.45) is 0 Å². The molecule has 0 spiro atoms. The zero-order valence-corrected chi connectivity index (χ0v) is 34.2. The molecule has 0 aliphatic rings. The predicted octanol–water partition coefficient (Wildman–Crippen LogP) is 13.6. The van der Waals surface area contributed by atoms with Gasteiger partial charge in [0.2, 0.25) is 0 Å². The van der Waals surface area contributed by atoms with Gasteiger partial charge in [-0.15, -0.1) is 0 Å². The van der Waals surface area contributed by atoms with Gasteiger partial charge in [-0.05, 0) is 191 Å². The molecular formula is C53H45N5O3. The van der Waals surface area contributed by atoms with Crippen molar-refractivity contribution in [2.45, 2.75) is 0 Å². The zero-order valence-electron chi connectivity index (χ0n) is 34.2. The molecule has 0 aliphatic carbocycles. The van der Waals surface area contributed by atoms with E-state index < -0.39 is 0 Å². The van der Waals surface area contributed by atoms with Gasteiger partial charge in [-0.25, -0.2) is 0 Å². The van der Waals surface area contributed by atoms with E-state index in [1.165, 1.54) is 0 Å². The maximum atomic E-state index is 6.15. The number of anilines is 11. The molecule has 0 atom stereocenters. The van der Waals surface area contributed by atoms with Crippen LogP contribution < -0.4 is 40.4 Å². The monoisotopic (exact) mass is 799 g/mol. The second-order valence-electron chi connectivity index (χ2n) is 14.7. The van der Waals surface area contributed by atoms with E-state index >= 15 is 0 Å². The summed E-state index contributed by atoms with van der Waals surface area (Å²) >= 11 is 0. The molecule has 9 aromatic rings. The van der Waals surface area contributed by atoms with E-state index in [2.05, 4.69) is 160 Å². The molecule has 8 nitrogen and oxygen atoms in total. The summed E-state index contributed by atoms with van der Waals surface area (Å²) in [6.45, 7) is 0. The lowest BCUT2D eigenvalue weighted by Crippen LogP contribution is -2.13. The number of nitrogens with zero attached hydrogens (tertiary/aromatic N) is 3. The summed E-state index contributed by atoms with van der Waals surface area (Å²) in [7, 11) is 5.06. The van der Waals surface area contributed by atoms with Gasteiger partial charge in [-0.2, -0.15) is 0 Å². The second-order valence-corrected chi connectivity index (χ2v) is 14.7. The highest BCUT2D eigenvalue weighted by molar-refractivity contribution is 5.92. The number of ether oxygens (including phenoxy) is 3. The molecule has 0 amide bonds. The molecule has 9 rings (SSSR count). The van der Waals surface area contributed by atoms with Crippen molar-refractivity contribution >= 4 is 84.1 Å². The summed E-state index contributed by atoms with van der Waals surface area (Å²) in [4.78, 5) is 6.74. The van der Waals surface area contributed by atoms with Crippen molar-refractivity contribution in [1.29, 1.82) is 0 Å². The van der Waals surface area contributed by atoms with Gasteiger partial charge in [-0.3, -0.25) is 0 Å². The van der Waals surface area contributed by atoms with Crippen molar-refractivity contribution in [3.8, 4) is 17.2 Å². The Bertz CT molecular complexity index is 2760. The summed E-state index contributed by atoms with van der Waals surface area (Å²) in [5.74, 6) is 2.44. The standard InChI is InChI=1S/C53H45N5O3/c1-59-51-30-26-48(27-31-51)56(44-18-22-46(23-19-44)57(42-14-8-40(54)9-15-42)49-12-4-38-34-52(60-2)28-6-36(38)32-49)45-20-24-47(25-21-45)58(43-16-10-41(55)11-17-43)50-13-5-39-35-53(61-3)29-7-37(39)33-50/h4-35H,54-55H2,1-3H3. The van der Waals surface area contributed by atoms with Crippen molar-refractivity contribution in [3.63, 3.8) is 0 Å². The highest BCUT2D eigenvalue weighted by Gasteiger charge is 2.19. The molecule has 8 heteroatoms. The van der Waals surface area contributed by atoms with Crippen LogP contribution in [0, 0.1) is 0 Å². The molecule has 0 fully saturated rings. The topological polar surface area (TPSA) is 89.5 Å². The molecule has 0 saturated carbocycles. The lowest BCUT2D eigenvalue weighted by Gasteiger charge is -2.29. The number of hydrogen-bond donors (Lipinski definition) is 2. The Balaban J connectivity index is 1.11. The number of hydrogen-bond acceptors (Lipinski definition) is 8. The molecule has 61 heavy (non-hydrogen) atoms. The Kier molecular flexibility index (Phi) is 10.5. The molecule has 4 N–H and O–H groups in total. The van der Waals surface area contributed by atoms with Crippen LogP contribution in [0.3, 0.4) is 0 Å². The van der Waals surface area contributed by atoms with Crippen LogP contribution in [0.2, 0.25) is 0 Å². The molecule has 0 bridgehead atoms. The minimum Gasteiger partial charge on any atom is -0.497 e. The van der Waals surface area contributed by atoms with Crippen LogP contribution in [0.25, 0.3) is 21.5 Å². The number of methoxy groups -OCH3 is 3. The van der Waals surface area contributed by atoms with Gasteiger partial charge < -0.3 is 40.4 Å². The van der Waals surface area contributed by atoms with Gasteiger partial charge in [0, 0.05) is 62.6 Å². The highest BCUT2D eigenvalue weighted by Crippen LogP contribution is 2.43. The van der Waals surface area contributed by atoms with Crippen LogP contribution in [0.15, 0.2) is 194 Å². The van der Waals surface area contributed by atoms with Gasteiger partial charge in [0.05, 0.1) is 21.3 Å². The lowest BCUT2D eigenvalue weighted by atomic mass is 10.1. The van der Waals surface area contributed by atoms with E-state index in [-0.39, 0.29) is 0 Å². The summed E-state index contributed by atoms with van der Waals surface area (Å²) in [6.07, 6.45) is 0. The average Bonchev–Trinajstić information content (AvgIpc) is 3.31. The first kappa shape index (κ1) is 38.4. The maximum absolute atomic E-state index is 6.15. The van der Waals surface area contributed by atoms with E-state index in [0.717, 1.165) is 90.0 Å². The van der Waals surface area contributed by atoms with Crippen LogP contribution in [0.1, 0.15) is 0 Å². The molecular weight excluding hydrogens is 755 g/mol. The Morgan fingerprint density at radius 1 is 0.262 bits per heavy atom. The summed E-state index contributed by atoms with van der Waals surface area (Å²) in [6, 6.07) is 66.6. The minimum atomic E-state index is 0.709. The summed E-state index contributed by atoms with van der Waals surface area (Å²) in [5, 5.41) is 4.43. The third-order valence-electron chi connectivity index (χ3n) is 10.9. The van der Waals surface area contributed by atoms with Gasteiger partial charge >= 0.3 is 0 Å². The van der Waals surface area contributed by atoms with Gasteiger partial charge in [-0.1, -0.05) is 24.3 Å². The van der Waals surface area contributed by atoms with E-state index in [4.69, 9.17) is 25.7 Å². The first-order valence-electron chi connectivity index (χ1n) is 20.0. The zero-order chi connectivity index (χ0) is 41.9. The summed E-state index contributed by atoms with van der Waals surface area (Å²) < 4.78 is 16.5. The Hall–Kier alpha value is -8.10. The minimum absolute atomic E-state index is 0.709. The van der Waals surface area contributed by atoms with Crippen LogP contribution in [0.5, 0.6) is 17.2 Å². The number of nitrogen functional groups attached to an aromatic ring is 2. The Labute approximate surface area is 356 Å². The van der Waals surface area contributed by atoms with Gasteiger partial charge in [0.1, 0.15) is 17.2 Å². The maximum Gasteiger partial charge on any atom is 0.119 e. The second kappa shape index (κ2) is 16.6. The number of rotatable bonds is 12. The first-order valence-corrected chi connectivity index (χ1v) is 20.0. The molecule has 0 aliphatic heterocycles. The third kappa shape index (κ3) is 7.90. The van der Waals surface area contributed by atoms with Crippen molar-refractivity contribution in [3.05, 3.63) is 194 Å².